The molecule has 9 heteroatoms. The van der Waals surface area contributed by atoms with Crippen molar-refractivity contribution in [3.63, 3.8) is 0 Å². The van der Waals surface area contributed by atoms with E-state index in [4.69, 9.17) is 9.29 Å². The molecule has 41 heavy (non-hydrogen) atoms. The number of hydrogen-bond donors (Lipinski definition) is 1. The van der Waals surface area contributed by atoms with E-state index in [-0.39, 0.29) is 41.8 Å². The fourth-order valence-corrected chi connectivity index (χ4v) is 5.17. The van der Waals surface area contributed by atoms with Crippen molar-refractivity contribution in [2.45, 2.75) is 102 Å². The predicted molar refractivity (Wildman–Crippen MR) is 161 cm³/mol. The molecular weight excluding hydrogens is 547 g/mol. The van der Waals surface area contributed by atoms with Gasteiger partial charge in [0, 0.05) is 17.2 Å². The topological polar surface area (TPSA) is 105 Å². The summed E-state index contributed by atoms with van der Waals surface area (Å²) in [5, 5.41) is 10.0. The van der Waals surface area contributed by atoms with Crippen molar-refractivity contribution in [2.24, 2.45) is 10.2 Å². The third kappa shape index (κ3) is 12.7. The summed E-state index contributed by atoms with van der Waals surface area (Å²) in [7, 11) is -4.26. The Morgan fingerprint density at radius 1 is 0.732 bits per heavy atom. The first-order valence-electron chi connectivity index (χ1n) is 14.6. The molecule has 0 radical (unpaired) electrons. The Labute approximate surface area is 268 Å². The van der Waals surface area contributed by atoms with E-state index in [1.54, 1.807) is 12.1 Å². The van der Waals surface area contributed by atoms with Crippen molar-refractivity contribution in [3.05, 3.63) is 60.7 Å². The van der Waals surface area contributed by atoms with Crippen molar-refractivity contribution >= 4 is 38.2 Å². The van der Waals surface area contributed by atoms with E-state index in [0.29, 0.717) is 23.5 Å². The van der Waals surface area contributed by atoms with Gasteiger partial charge < -0.3 is 6.16 Å². The van der Waals surface area contributed by atoms with E-state index in [0.717, 1.165) is 30.0 Å². The summed E-state index contributed by atoms with van der Waals surface area (Å²) >= 11 is 0. The molecule has 7 nitrogen and oxygen atoms in total. The largest absolute Gasteiger partial charge is 1.00 e. The average Bonchev–Trinajstić information content (AvgIpc) is 2.95. The van der Waals surface area contributed by atoms with Crippen LogP contribution in [0.25, 0.3) is 10.8 Å². The number of carbonyl (C=O) groups is 1. The van der Waals surface area contributed by atoms with E-state index < -0.39 is 10.1 Å². The van der Waals surface area contributed by atoms with Gasteiger partial charge in [0.1, 0.15) is 5.75 Å². The van der Waals surface area contributed by atoms with Gasteiger partial charge in [-0.1, -0.05) is 108 Å². The van der Waals surface area contributed by atoms with Crippen LogP contribution < -0.4 is 34.3 Å². The minimum Gasteiger partial charge on any atom is -1.00 e. The summed E-state index contributed by atoms with van der Waals surface area (Å²) in [6, 6.07) is 16.4. The Bertz CT molecular complexity index is 1350. The van der Waals surface area contributed by atoms with Crippen molar-refractivity contribution in [2.75, 3.05) is 0 Å². The van der Waals surface area contributed by atoms with Crippen LogP contribution in [-0.2, 0) is 14.9 Å². The summed E-state index contributed by atoms with van der Waals surface area (Å²) in [6.07, 6.45) is 16.8. The molecule has 3 aromatic rings. The molecule has 0 saturated carbocycles. The van der Waals surface area contributed by atoms with Gasteiger partial charge in [-0.3, -0.25) is 9.35 Å². The van der Waals surface area contributed by atoms with Crippen LogP contribution in [0.1, 0.15) is 98.2 Å². The molecule has 0 aliphatic rings. The number of fused-ring (bicyclic) bond motifs is 1. The molecule has 0 fully saturated rings. The fraction of sp³-hybridized carbons (Fsp3) is 0.469. The standard InChI is InChI=1S/C32H42N2O5S.Na.H/c1-2-3-4-5-6-7-8-9-10-11-12-13-14-19-32(35)39-31-25-24-30(28-17-15-16-18-29(28)31)34-33-26-20-22-27(23-21-26)40(36,37)38;;/h15-18,20-25H,2-14,19H2,1H3,(H,36,37,38);;/q;+1;-1. The summed E-state index contributed by atoms with van der Waals surface area (Å²) in [5.41, 5.74) is 1.02. The number of rotatable bonds is 18. The zero-order valence-electron chi connectivity index (χ0n) is 25.6. The number of ether oxygens (including phenoxy) is 1. The minimum absolute atomic E-state index is 0. The normalized spacial score (nSPS) is 11.6. The Morgan fingerprint density at radius 3 is 1.83 bits per heavy atom. The molecule has 0 bridgehead atoms. The maximum absolute atomic E-state index is 12.5. The predicted octanol–water partition coefficient (Wildman–Crippen LogP) is 7.01. The molecule has 3 rings (SSSR count). The summed E-state index contributed by atoms with van der Waals surface area (Å²) in [6.45, 7) is 2.25. The van der Waals surface area contributed by atoms with E-state index in [1.165, 1.54) is 88.5 Å². The Morgan fingerprint density at radius 2 is 1.27 bits per heavy atom. The molecule has 3 aromatic carbocycles. The quantitative estimate of drug-likeness (QED) is 0.0429. The number of hydrogen-bond acceptors (Lipinski definition) is 6. The van der Waals surface area contributed by atoms with E-state index >= 15 is 0 Å². The molecule has 0 unspecified atom stereocenters. The second-order valence-corrected chi connectivity index (χ2v) is 11.7. The van der Waals surface area contributed by atoms with Gasteiger partial charge in [0.25, 0.3) is 10.1 Å². The zero-order valence-corrected chi connectivity index (χ0v) is 27.4. The van der Waals surface area contributed by atoms with Crippen LogP contribution in [0.2, 0.25) is 0 Å². The first-order valence-corrected chi connectivity index (χ1v) is 16.0. The molecule has 0 spiro atoms. The van der Waals surface area contributed by atoms with E-state index in [2.05, 4.69) is 17.2 Å². The van der Waals surface area contributed by atoms with Gasteiger partial charge in [0.2, 0.25) is 0 Å². The first kappa shape index (κ1) is 35.1. The summed E-state index contributed by atoms with van der Waals surface area (Å²) in [5.74, 6) is 0.258. The molecule has 0 amide bonds. The van der Waals surface area contributed by atoms with Crippen molar-refractivity contribution in [1.82, 2.24) is 0 Å². The van der Waals surface area contributed by atoms with E-state index in [1.807, 2.05) is 24.3 Å². The third-order valence-electron chi connectivity index (χ3n) is 6.98. The van der Waals surface area contributed by atoms with Crippen LogP contribution in [-0.4, -0.2) is 18.9 Å². The monoisotopic (exact) mass is 590 g/mol. The number of azo groups is 1. The zero-order chi connectivity index (χ0) is 28.6. The number of benzene rings is 3. The molecule has 0 aliphatic heterocycles. The van der Waals surface area contributed by atoms with Crippen LogP contribution in [0, 0.1) is 0 Å². The van der Waals surface area contributed by atoms with Gasteiger partial charge >= 0.3 is 35.5 Å². The Kier molecular flexibility index (Phi) is 16.4. The van der Waals surface area contributed by atoms with Crippen LogP contribution in [0.3, 0.4) is 0 Å². The van der Waals surface area contributed by atoms with Crippen molar-refractivity contribution < 1.29 is 53.5 Å². The van der Waals surface area contributed by atoms with Crippen LogP contribution in [0.4, 0.5) is 11.4 Å². The Balaban J connectivity index is 0.00000441. The number of nitrogens with zero attached hydrogens (tertiary/aromatic N) is 2. The number of unbranched alkanes of at least 4 members (excludes halogenated alkanes) is 12. The number of carbonyl (C=O) groups excluding carboxylic acids is 1. The molecule has 0 aliphatic carbocycles. The summed E-state index contributed by atoms with van der Waals surface area (Å²) < 4.78 is 37.2. The van der Waals surface area contributed by atoms with Gasteiger partial charge in [0.15, 0.2) is 0 Å². The Hall–Kier alpha value is -2.10. The molecule has 1 N–H and O–H groups in total. The SMILES string of the molecule is CCCCCCCCCCCCCCCC(=O)Oc1ccc(N=Nc2ccc(S(=O)(=O)O)cc2)c2ccccc12.[H-].[Na+]. The van der Waals surface area contributed by atoms with E-state index in [9.17, 15) is 13.2 Å². The molecule has 0 aromatic heterocycles. The van der Waals surface area contributed by atoms with Gasteiger partial charge in [-0.25, -0.2) is 0 Å². The van der Waals surface area contributed by atoms with Gasteiger partial charge in [-0.2, -0.15) is 13.5 Å². The first-order chi connectivity index (χ1) is 19.4. The minimum atomic E-state index is -4.26. The second kappa shape index (κ2) is 19.2. The smallest absolute Gasteiger partial charge is 1.00 e. The van der Waals surface area contributed by atoms with Gasteiger partial charge in [0.05, 0.1) is 16.3 Å². The fourth-order valence-electron chi connectivity index (χ4n) is 4.69. The molecule has 0 saturated heterocycles. The van der Waals surface area contributed by atoms with Crippen molar-refractivity contribution in [1.29, 1.82) is 0 Å². The van der Waals surface area contributed by atoms with Crippen LogP contribution in [0.5, 0.6) is 5.75 Å². The maximum Gasteiger partial charge on any atom is 1.00 e. The molecule has 218 valence electrons. The van der Waals surface area contributed by atoms with Crippen molar-refractivity contribution in [3.8, 4) is 5.75 Å². The van der Waals surface area contributed by atoms with Crippen LogP contribution in [0.15, 0.2) is 75.8 Å². The maximum atomic E-state index is 12.5. The summed E-state index contributed by atoms with van der Waals surface area (Å²) in [4.78, 5) is 12.3. The van der Waals surface area contributed by atoms with Gasteiger partial charge in [-0.15, -0.1) is 5.11 Å². The molecule has 0 atom stereocenters. The third-order valence-corrected chi connectivity index (χ3v) is 7.84. The second-order valence-electron chi connectivity index (χ2n) is 10.3. The van der Waals surface area contributed by atoms with Crippen LogP contribution >= 0.6 is 0 Å². The number of esters is 1. The van der Waals surface area contributed by atoms with Gasteiger partial charge in [-0.05, 0) is 42.8 Å². The molecular formula is C32H43N2NaO5S. The molecule has 0 heterocycles. The average molecular weight is 591 g/mol.